The Morgan fingerprint density at radius 1 is 1.15 bits per heavy atom. The fourth-order valence-electron chi connectivity index (χ4n) is 1.89. The minimum absolute atomic E-state index is 0.0302. The molecule has 20 heavy (non-hydrogen) atoms. The van der Waals surface area contributed by atoms with E-state index in [1.165, 1.54) is 0 Å². The van der Waals surface area contributed by atoms with Gasteiger partial charge in [0.05, 0.1) is 6.42 Å². The molecule has 0 bridgehead atoms. The molecule has 0 heterocycles. The Labute approximate surface area is 118 Å². The monoisotopic (exact) mass is 275 g/mol. The van der Waals surface area contributed by atoms with Gasteiger partial charge in [0.1, 0.15) is 0 Å². The van der Waals surface area contributed by atoms with Gasteiger partial charge in [0.25, 0.3) is 0 Å². The molecule has 0 aliphatic heterocycles. The molecule has 1 fully saturated rings. The van der Waals surface area contributed by atoms with Crippen molar-refractivity contribution in [2.24, 2.45) is 0 Å². The number of nitrogen functional groups attached to an aromatic ring is 1. The van der Waals surface area contributed by atoms with Gasteiger partial charge in [-0.2, -0.15) is 0 Å². The number of anilines is 1. The van der Waals surface area contributed by atoms with E-state index < -0.39 is 0 Å². The van der Waals surface area contributed by atoms with Crippen molar-refractivity contribution in [2.75, 3.05) is 12.3 Å². The Morgan fingerprint density at radius 2 is 1.85 bits per heavy atom. The van der Waals surface area contributed by atoms with Crippen molar-refractivity contribution in [1.29, 1.82) is 0 Å². The van der Waals surface area contributed by atoms with E-state index in [2.05, 4.69) is 10.6 Å². The van der Waals surface area contributed by atoms with Crippen molar-refractivity contribution in [3.8, 4) is 0 Å². The minimum Gasteiger partial charge on any atom is -0.399 e. The highest BCUT2D eigenvalue weighted by atomic mass is 16.2. The lowest BCUT2D eigenvalue weighted by Gasteiger charge is -2.06. The van der Waals surface area contributed by atoms with Crippen LogP contribution in [0.5, 0.6) is 0 Å². The summed E-state index contributed by atoms with van der Waals surface area (Å²) in [7, 11) is 0. The van der Waals surface area contributed by atoms with E-state index in [-0.39, 0.29) is 11.8 Å². The van der Waals surface area contributed by atoms with Crippen LogP contribution in [0.4, 0.5) is 5.69 Å². The zero-order chi connectivity index (χ0) is 14.4. The Kier molecular flexibility index (Phi) is 4.98. The summed E-state index contributed by atoms with van der Waals surface area (Å²) >= 11 is 0. The van der Waals surface area contributed by atoms with Crippen LogP contribution in [0.2, 0.25) is 0 Å². The highest BCUT2D eigenvalue weighted by Gasteiger charge is 2.22. The van der Waals surface area contributed by atoms with Crippen molar-refractivity contribution < 1.29 is 9.59 Å². The molecule has 2 amide bonds. The zero-order valence-corrected chi connectivity index (χ0v) is 11.5. The molecule has 0 aromatic heterocycles. The van der Waals surface area contributed by atoms with E-state index in [4.69, 9.17) is 5.73 Å². The van der Waals surface area contributed by atoms with Gasteiger partial charge in [0.15, 0.2) is 0 Å². The van der Waals surface area contributed by atoms with Gasteiger partial charge in [-0.25, -0.2) is 0 Å². The van der Waals surface area contributed by atoms with E-state index >= 15 is 0 Å². The first kappa shape index (κ1) is 14.4. The second kappa shape index (κ2) is 6.93. The van der Waals surface area contributed by atoms with Gasteiger partial charge in [0, 0.05) is 24.7 Å². The van der Waals surface area contributed by atoms with E-state index in [9.17, 15) is 9.59 Å². The fraction of sp³-hybridized carbons (Fsp3) is 0.467. The number of benzene rings is 1. The number of hydrogen-bond donors (Lipinski definition) is 3. The summed E-state index contributed by atoms with van der Waals surface area (Å²) in [5.41, 5.74) is 7.21. The second-order valence-corrected chi connectivity index (χ2v) is 5.21. The molecule has 4 N–H and O–H groups in total. The molecular weight excluding hydrogens is 254 g/mol. The molecule has 1 aliphatic rings. The lowest BCUT2D eigenvalue weighted by Crippen LogP contribution is -2.29. The van der Waals surface area contributed by atoms with Crippen LogP contribution in [0.15, 0.2) is 24.3 Å². The molecule has 5 heteroatoms. The average Bonchev–Trinajstić information content (AvgIpc) is 3.21. The molecule has 1 aromatic rings. The first-order valence-electron chi connectivity index (χ1n) is 7.04. The molecule has 0 radical (unpaired) electrons. The smallest absolute Gasteiger partial charge is 0.224 e. The van der Waals surface area contributed by atoms with Gasteiger partial charge >= 0.3 is 0 Å². The number of hydrogen-bond acceptors (Lipinski definition) is 3. The third-order valence-corrected chi connectivity index (χ3v) is 3.19. The van der Waals surface area contributed by atoms with Gasteiger partial charge in [0.2, 0.25) is 11.8 Å². The second-order valence-electron chi connectivity index (χ2n) is 5.21. The van der Waals surface area contributed by atoms with Gasteiger partial charge in [-0.05, 0) is 37.0 Å². The van der Waals surface area contributed by atoms with Crippen molar-refractivity contribution in [3.05, 3.63) is 29.8 Å². The maximum absolute atomic E-state index is 11.7. The van der Waals surface area contributed by atoms with Crippen molar-refractivity contribution in [1.82, 2.24) is 10.6 Å². The number of carbonyl (C=O) groups excluding carboxylic acids is 2. The van der Waals surface area contributed by atoms with Crippen LogP contribution in [0.1, 0.15) is 31.2 Å². The van der Waals surface area contributed by atoms with Gasteiger partial charge in [-0.1, -0.05) is 12.1 Å². The van der Waals surface area contributed by atoms with Gasteiger partial charge in [-0.3, -0.25) is 9.59 Å². The normalized spacial score (nSPS) is 13.8. The number of carbonyl (C=O) groups is 2. The average molecular weight is 275 g/mol. The molecule has 5 nitrogen and oxygen atoms in total. The minimum atomic E-state index is -0.0302. The Hall–Kier alpha value is -2.04. The molecule has 108 valence electrons. The first-order chi connectivity index (χ1) is 9.63. The predicted octanol–water partition coefficient (Wildman–Crippen LogP) is 0.986. The van der Waals surface area contributed by atoms with E-state index in [0.29, 0.717) is 37.5 Å². The van der Waals surface area contributed by atoms with Crippen LogP contribution >= 0.6 is 0 Å². The topological polar surface area (TPSA) is 84.2 Å². The van der Waals surface area contributed by atoms with Gasteiger partial charge in [-0.15, -0.1) is 0 Å². The van der Waals surface area contributed by atoms with Crippen LogP contribution in [0.25, 0.3) is 0 Å². The summed E-state index contributed by atoms with van der Waals surface area (Å²) < 4.78 is 0. The largest absolute Gasteiger partial charge is 0.399 e. The van der Waals surface area contributed by atoms with E-state index in [1.807, 2.05) is 12.1 Å². The number of nitrogens with one attached hydrogen (secondary N) is 2. The Balaban J connectivity index is 1.57. The molecule has 2 rings (SSSR count). The van der Waals surface area contributed by atoms with Crippen molar-refractivity contribution >= 4 is 17.5 Å². The standard InChI is InChI=1S/C15H21N3O2/c16-12-5-3-11(4-6-12)10-15(20)17-9-1-2-14(19)18-13-7-8-13/h3-6,13H,1-2,7-10,16H2,(H,17,20)(H,18,19). The quantitative estimate of drug-likeness (QED) is 0.512. The van der Waals surface area contributed by atoms with Crippen LogP contribution in [-0.4, -0.2) is 24.4 Å². The third-order valence-electron chi connectivity index (χ3n) is 3.19. The van der Waals surface area contributed by atoms with E-state index in [0.717, 1.165) is 18.4 Å². The first-order valence-corrected chi connectivity index (χ1v) is 7.04. The molecule has 0 saturated heterocycles. The highest BCUT2D eigenvalue weighted by Crippen LogP contribution is 2.18. The Morgan fingerprint density at radius 3 is 2.50 bits per heavy atom. The molecular formula is C15H21N3O2. The van der Waals surface area contributed by atoms with Crippen LogP contribution in [0.3, 0.4) is 0 Å². The predicted molar refractivity (Wildman–Crippen MR) is 78.0 cm³/mol. The molecule has 1 aromatic carbocycles. The van der Waals surface area contributed by atoms with Gasteiger partial charge < -0.3 is 16.4 Å². The lowest BCUT2D eigenvalue weighted by atomic mass is 10.1. The SMILES string of the molecule is Nc1ccc(CC(=O)NCCCC(=O)NC2CC2)cc1. The summed E-state index contributed by atoms with van der Waals surface area (Å²) in [6.07, 6.45) is 3.69. The highest BCUT2D eigenvalue weighted by molar-refractivity contribution is 5.79. The Bertz CT molecular complexity index is 467. The fourth-order valence-corrected chi connectivity index (χ4v) is 1.89. The summed E-state index contributed by atoms with van der Waals surface area (Å²) in [5, 5.41) is 5.74. The molecule has 1 saturated carbocycles. The maximum Gasteiger partial charge on any atom is 0.224 e. The molecule has 1 aliphatic carbocycles. The van der Waals surface area contributed by atoms with Crippen LogP contribution < -0.4 is 16.4 Å². The van der Waals surface area contributed by atoms with Crippen LogP contribution in [-0.2, 0) is 16.0 Å². The molecule has 0 unspecified atom stereocenters. The van der Waals surface area contributed by atoms with Crippen LogP contribution in [0, 0.1) is 0 Å². The van der Waals surface area contributed by atoms with Crippen molar-refractivity contribution in [3.63, 3.8) is 0 Å². The maximum atomic E-state index is 11.7. The summed E-state index contributed by atoms with van der Waals surface area (Å²) in [6, 6.07) is 7.66. The lowest BCUT2D eigenvalue weighted by molar-refractivity contribution is -0.122. The number of rotatable bonds is 7. The summed E-state index contributed by atoms with van der Waals surface area (Å²) in [5.74, 6) is 0.0534. The third kappa shape index (κ3) is 5.30. The van der Waals surface area contributed by atoms with E-state index in [1.54, 1.807) is 12.1 Å². The number of nitrogens with two attached hydrogens (primary N) is 1. The molecule has 0 atom stereocenters. The number of amides is 2. The van der Waals surface area contributed by atoms with Crippen molar-refractivity contribution in [2.45, 2.75) is 38.1 Å². The zero-order valence-electron chi connectivity index (χ0n) is 11.5. The molecule has 0 spiro atoms. The summed E-state index contributed by atoms with van der Waals surface area (Å²) in [4.78, 5) is 23.1. The summed E-state index contributed by atoms with van der Waals surface area (Å²) in [6.45, 7) is 0.534.